The van der Waals surface area contributed by atoms with Gasteiger partial charge in [0, 0.05) is 13.1 Å². The minimum Gasteiger partial charge on any atom is -0.497 e. The molecular weight excluding hydrogens is 364 g/mol. The van der Waals surface area contributed by atoms with Crippen LogP contribution in [0.5, 0.6) is 5.75 Å². The van der Waals surface area contributed by atoms with E-state index >= 15 is 0 Å². The number of hydrogen-bond acceptors (Lipinski definition) is 4. The van der Waals surface area contributed by atoms with E-state index in [1.165, 1.54) is 0 Å². The van der Waals surface area contributed by atoms with Gasteiger partial charge in [-0.2, -0.15) is 4.72 Å². The van der Waals surface area contributed by atoms with Gasteiger partial charge in [-0.25, -0.2) is 8.42 Å². The predicted molar refractivity (Wildman–Crippen MR) is 106 cm³/mol. The van der Waals surface area contributed by atoms with Gasteiger partial charge in [0.1, 0.15) is 11.8 Å². The van der Waals surface area contributed by atoms with Crippen LogP contribution >= 0.6 is 0 Å². The number of nitrogens with zero attached hydrogens (tertiary/aromatic N) is 1. The molecule has 1 saturated heterocycles. The lowest BCUT2D eigenvalue weighted by molar-refractivity contribution is -0.134. The summed E-state index contributed by atoms with van der Waals surface area (Å²) in [5, 5.41) is 0. The SMILES string of the molecule is COc1cc(C)c(S(=O)(=O)N[C@H](CC(C)C)C(=O)N2CCCCC2)c(C)c1. The summed E-state index contributed by atoms with van der Waals surface area (Å²) < 4.78 is 34.2. The molecule has 27 heavy (non-hydrogen) atoms. The van der Waals surface area contributed by atoms with Gasteiger partial charge in [0.25, 0.3) is 0 Å². The smallest absolute Gasteiger partial charge is 0.241 e. The maximum atomic E-state index is 13.1. The van der Waals surface area contributed by atoms with Gasteiger partial charge < -0.3 is 9.64 Å². The van der Waals surface area contributed by atoms with Crippen LogP contribution in [-0.2, 0) is 14.8 Å². The highest BCUT2D eigenvalue weighted by atomic mass is 32.2. The minimum atomic E-state index is -3.83. The van der Waals surface area contributed by atoms with Gasteiger partial charge in [-0.15, -0.1) is 0 Å². The number of benzene rings is 1. The Morgan fingerprint density at radius 2 is 1.70 bits per heavy atom. The van der Waals surface area contributed by atoms with Gasteiger partial charge in [-0.05, 0) is 68.7 Å². The van der Waals surface area contributed by atoms with Crippen LogP contribution in [0.1, 0.15) is 50.7 Å². The molecule has 0 saturated carbocycles. The van der Waals surface area contributed by atoms with Crippen LogP contribution < -0.4 is 9.46 Å². The van der Waals surface area contributed by atoms with Crippen molar-refractivity contribution in [2.24, 2.45) is 5.92 Å². The Hall–Kier alpha value is -1.60. The maximum Gasteiger partial charge on any atom is 0.241 e. The highest BCUT2D eigenvalue weighted by Crippen LogP contribution is 2.26. The van der Waals surface area contributed by atoms with Crippen LogP contribution in [0.4, 0.5) is 0 Å². The molecule has 1 N–H and O–H groups in total. The second-order valence-electron chi connectivity index (χ2n) is 7.78. The van der Waals surface area contributed by atoms with Crippen LogP contribution in [0.2, 0.25) is 0 Å². The van der Waals surface area contributed by atoms with Crippen molar-refractivity contribution < 1.29 is 17.9 Å². The van der Waals surface area contributed by atoms with E-state index in [0.29, 0.717) is 36.4 Å². The molecule has 1 aromatic carbocycles. The monoisotopic (exact) mass is 396 g/mol. The third kappa shape index (κ3) is 5.45. The molecule has 152 valence electrons. The van der Waals surface area contributed by atoms with E-state index in [0.717, 1.165) is 19.3 Å². The average molecular weight is 397 g/mol. The van der Waals surface area contributed by atoms with Crippen molar-refractivity contribution in [1.82, 2.24) is 9.62 Å². The lowest BCUT2D eigenvalue weighted by Crippen LogP contribution is -2.50. The number of aryl methyl sites for hydroxylation is 2. The van der Waals surface area contributed by atoms with Gasteiger partial charge in [0.05, 0.1) is 12.0 Å². The van der Waals surface area contributed by atoms with E-state index in [9.17, 15) is 13.2 Å². The van der Waals surface area contributed by atoms with Crippen molar-refractivity contribution in [1.29, 1.82) is 0 Å². The number of carbonyl (C=O) groups is 1. The number of carbonyl (C=O) groups excluding carboxylic acids is 1. The van der Waals surface area contributed by atoms with Gasteiger partial charge in [0.15, 0.2) is 0 Å². The number of nitrogens with one attached hydrogen (secondary N) is 1. The zero-order valence-corrected chi connectivity index (χ0v) is 17.9. The van der Waals surface area contributed by atoms with E-state index in [1.807, 2.05) is 13.8 Å². The minimum absolute atomic E-state index is 0.115. The Morgan fingerprint density at radius 3 is 2.19 bits per heavy atom. The molecule has 0 aromatic heterocycles. The van der Waals surface area contributed by atoms with Crippen molar-refractivity contribution in [3.63, 3.8) is 0 Å². The molecule has 1 aliphatic heterocycles. The number of likely N-dealkylation sites (tertiary alicyclic amines) is 1. The molecule has 1 aromatic rings. The van der Waals surface area contributed by atoms with Crippen molar-refractivity contribution >= 4 is 15.9 Å². The first kappa shape index (κ1) is 21.7. The van der Waals surface area contributed by atoms with Crippen molar-refractivity contribution in [2.75, 3.05) is 20.2 Å². The maximum absolute atomic E-state index is 13.1. The summed E-state index contributed by atoms with van der Waals surface area (Å²) in [5.74, 6) is 0.701. The normalized spacial score (nSPS) is 16.4. The Labute approximate surface area is 163 Å². The summed E-state index contributed by atoms with van der Waals surface area (Å²) in [4.78, 5) is 15.0. The lowest BCUT2D eigenvalue weighted by atomic mass is 10.0. The molecule has 0 unspecified atom stereocenters. The second kappa shape index (κ2) is 9.06. The lowest BCUT2D eigenvalue weighted by Gasteiger charge is -2.31. The molecule has 1 heterocycles. The van der Waals surface area contributed by atoms with Crippen molar-refractivity contribution in [3.8, 4) is 5.75 Å². The molecule has 0 aliphatic carbocycles. The molecule has 1 aliphatic rings. The molecule has 1 atom stereocenters. The summed E-state index contributed by atoms with van der Waals surface area (Å²) in [6.07, 6.45) is 3.55. The fraction of sp³-hybridized carbons (Fsp3) is 0.650. The summed E-state index contributed by atoms with van der Waals surface area (Å²) in [7, 11) is -2.28. The van der Waals surface area contributed by atoms with E-state index < -0.39 is 16.1 Å². The molecule has 1 fully saturated rings. The predicted octanol–water partition coefficient (Wildman–Crippen LogP) is 3.02. The van der Waals surface area contributed by atoms with Gasteiger partial charge in [-0.1, -0.05) is 13.8 Å². The first-order valence-corrected chi connectivity index (χ1v) is 11.1. The number of hydrogen-bond donors (Lipinski definition) is 1. The van der Waals surface area contributed by atoms with E-state index in [-0.39, 0.29) is 16.7 Å². The Kier molecular flexibility index (Phi) is 7.28. The second-order valence-corrected chi connectivity index (χ2v) is 9.43. The summed E-state index contributed by atoms with van der Waals surface area (Å²) in [5.41, 5.74) is 1.21. The molecule has 0 spiro atoms. The van der Waals surface area contributed by atoms with Crippen molar-refractivity contribution in [3.05, 3.63) is 23.3 Å². The van der Waals surface area contributed by atoms with E-state index in [1.54, 1.807) is 38.0 Å². The fourth-order valence-electron chi connectivity index (χ4n) is 3.70. The number of sulfonamides is 1. The summed E-state index contributed by atoms with van der Waals surface area (Å²) in [6, 6.07) is 2.66. The molecule has 1 amide bonds. The quantitative estimate of drug-likeness (QED) is 0.769. The Balaban J connectivity index is 2.31. The van der Waals surface area contributed by atoms with Crippen LogP contribution in [0, 0.1) is 19.8 Å². The Morgan fingerprint density at radius 1 is 1.15 bits per heavy atom. The first-order chi connectivity index (χ1) is 12.7. The molecule has 2 rings (SSSR count). The van der Waals surface area contributed by atoms with Gasteiger partial charge in [-0.3, -0.25) is 4.79 Å². The molecule has 0 radical (unpaired) electrons. The number of piperidine rings is 1. The van der Waals surface area contributed by atoms with Gasteiger partial charge in [0.2, 0.25) is 15.9 Å². The highest BCUT2D eigenvalue weighted by molar-refractivity contribution is 7.89. The topological polar surface area (TPSA) is 75.7 Å². The van der Waals surface area contributed by atoms with Crippen LogP contribution in [0.25, 0.3) is 0 Å². The standard InChI is InChI=1S/C20H32N2O4S/c1-14(2)11-18(20(23)22-9-7-6-8-10-22)21-27(24,25)19-15(3)12-17(26-5)13-16(19)4/h12-14,18,21H,6-11H2,1-5H3/t18-/m1/s1. The first-order valence-electron chi connectivity index (χ1n) is 9.62. The van der Waals surface area contributed by atoms with Crippen LogP contribution in [0.3, 0.4) is 0 Å². The Bertz CT molecular complexity index is 745. The van der Waals surface area contributed by atoms with Crippen LogP contribution in [0.15, 0.2) is 17.0 Å². The number of methoxy groups -OCH3 is 1. The van der Waals surface area contributed by atoms with E-state index in [4.69, 9.17) is 4.74 Å². The summed E-state index contributed by atoms with van der Waals surface area (Å²) in [6.45, 7) is 8.89. The number of ether oxygens (including phenoxy) is 1. The summed E-state index contributed by atoms with van der Waals surface area (Å²) >= 11 is 0. The third-order valence-corrected chi connectivity index (χ3v) is 6.68. The average Bonchev–Trinajstić information content (AvgIpc) is 2.59. The number of rotatable bonds is 7. The third-order valence-electron chi connectivity index (χ3n) is 4.91. The van der Waals surface area contributed by atoms with Gasteiger partial charge >= 0.3 is 0 Å². The van der Waals surface area contributed by atoms with E-state index in [2.05, 4.69) is 4.72 Å². The van der Waals surface area contributed by atoms with Crippen molar-refractivity contribution in [2.45, 2.75) is 64.3 Å². The van der Waals surface area contributed by atoms with Crippen LogP contribution in [-0.4, -0.2) is 45.5 Å². The highest BCUT2D eigenvalue weighted by Gasteiger charge is 2.31. The molecule has 0 bridgehead atoms. The zero-order valence-electron chi connectivity index (χ0n) is 17.0. The molecular formula is C20H32N2O4S. The largest absolute Gasteiger partial charge is 0.497 e. The molecule has 7 heteroatoms. The fourth-order valence-corrected chi connectivity index (χ4v) is 5.36. The zero-order chi connectivity index (χ0) is 20.2. The number of amides is 1. The molecule has 6 nitrogen and oxygen atoms in total.